The number of nitrogens with one attached hydrogen (secondary N) is 1. The van der Waals surface area contributed by atoms with Gasteiger partial charge in [0.05, 0.1) is 0 Å². The fraction of sp³-hybridized carbons (Fsp3) is 0.312. The first-order chi connectivity index (χ1) is 10.1. The standard InChI is InChI=1S/C16H17BrCl2N2/c1-2-5-21-16(7-11-6-12(17)10-20-9-11)14-8-13(18)3-4-15(14)19/h3-4,6,8-10,16,21H,2,5,7H2,1H3. The van der Waals surface area contributed by atoms with Crippen molar-refractivity contribution in [2.45, 2.75) is 25.8 Å². The summed E-state index contributed by atoms with van der Waals surface area (Å²) in [5, 5.41) is 4.97. The predicted octanol–water partition coefficient (Wildman–Crippen LogP) is 5.43. The Bertz CT molecular complexity index is 605. The van der Waals surface area contributed by atoms with Gasteiger partial charge in [0.15, 0.2) is 0 Å². The topological polar surface area (TPSA) is 24.9 Å². The van der Waals surface area contributed by atoms with Crippen molar-refractivity contribution in [3.63, 3.8) is 0 Å². The smallest absolute Gasteiger partial charge is 0.0454 e. The quantitative estimate of drug-likeness (QED) is 0.714. The zero-order valence-corrected chi connectivity index (χ0v) is 14.8. The van der Waals surface area contributed by atoms with Gasteiger partial charge in [0, 0.05) is 33.0 Å². The SMILES string of the molecule is CCCNC(Cc1cncc(Br)c1)c1cc(Cl)ccc1Cl. The molecule has 5 heteroatoms. The average molecular weight is 388 g/mol. The van der Waals surface area contributed by atoms with Crippen molar-refractivity contribution in [3.05, 3.63) is 62.3 Å². The van der Waals surface area contributed by atoms with Gasteiger partial charge in [-0.25, -0.2) is 0 Å². The Morgan fingerprint density at radius 2 is 2.05 bits per heavy atom. The van der Waals surface area contributed by atoms with Crippen molar-refractivity contribution < 1.29 is 0 Å². The second-order valence-corrected chi connectivity index (χ2v) is 6.65. The molecule has 1 unspecified atom stereocenters. The van der Waals surface area contributed by atoms with E-state index >= 15 is 0 Å². The van der Waals surface area contributed by atoms with Crippen molar-refractivity contribution in [2.75, 3.05) is 6.54 Å². The van der Waals surface area contributed by atoms with Crippen LogP contribution in [0.3, 0.4) is 0 Å². The first-order valence-electron chi connectivity index (χ1n) is 6.88. The molecule has 0 spiro atoms. The van der Waals surface area contributed by atoms with Crippen LogP contribution < -0.4 is 5.32 Å². The summed E-state index contributed by atoms with van der Waals surface area (Å²) in [4.78, 5) is 4.22. The summed E-state index contributed by atoms with van der Waals surface area (Å²) in [5.41, 5.74) is 2.17. The van der Waals surface area contributed by atoms with E-state index in [1.165, 1.54) is 0 Å². The van der Waals surface area contributed by atoms with Crippen LogP contribution in [0.25, 0.3) is 0 Å². The van der Waals surface area contributed by atoms with Gasteiger partial charge in [0.2, 0.25) is 0 Å². The second-order valence-electron chi connectivity index (χ2n) is 4.89. The molecule has 2 aromatic rings. The first-order valence-corrected chi connectivity index (χ1v) is 8.42. The van der Waals surface area contributed by atoms with Crippen LogP contribution in [-0.2, 0) is 6.42 Å². The maximum absolute atomic E-state index is 6.34. The van der Waals surface area contributed by atoms with E-state index in [1.54, 1.807) is 6.20 Å². The zero-order chi connectivity index (χ0) is 15.2. The molecule has 2 rings (SSSR count). The van der Waals surface area contributed by atoms with Crippen LogP contribution in [0, 0.1) is 0 Å². The maximum Gasteiger partial charge on any atom is 0.0454 e. The van der Waals surface area contributed by atoms with Gasteiger partial charge < -0.3 is 5.32 Å². The van der Waals surface area contributed by atoms with E-state index < -0.39 is 0 Å². The van der Waals surface area contributed by atoms with Crippen LogP contribution in [-0.4, -0.2) is 11.5 Å². The summed E-state index contributed by atoms with van der Waals surface area (Å²) >= 11 is 15.9. The van der Waals surface area contributed by atoms with Crippen molar-refractivity contribution in [3.8, 4) is 0 Å². The zero-order valence-electron chi connectivity index (χ0n) is 11.7. The number of benzene rings is 1. The van der Waals surface area contributed by atoms with Crippen molar-refractivity contribution in [1.29, 1.82) is 0 Å². The lowest BCUT2D eigenvalue weighted by atomic mass is 9.99. The maximum atomic E-state index is 6.34. The third-order valence-electron chi connectivity index (χ3n) is 3.18. The summed E-state index contributed by atoms with van der Waals surface area (Å²) < 4.78 is 0.978. The van der Waals surface area contributed by atoms with Gasteiger partial charge in [-0.3, -0.25) is 4.98 Å². The highest BCUT2D eigenvalue weighted by Crippen LogP contribution is 2.29. The van der Waals surface area contributed by atoms with E-state index in [0.717, 1.165) is 40.0 Å². The number of hydrogen-bond acceptors (Lipinski definition) is 2. The Hall–Kier alpha value is -0.610. The molecular weight excluding hydrogens is 371 g/mol. The molecule has 1 atom stereocenters. The van der Waals surface area contributed by atoms with E-state index in [0.29, 0.717) is 5.02 Å². The van der Waals surface area contributed by atoms with E-state index in [1.807, 2.05) is 24.4 Å². The van der Waals surface area contributed by atoms with Gasteiger partial charge in [-0.05, 0) is 70.7 Å². The lowest BCUT2D eigenvalue weighted by Gasteiger charge is -2.20. The molecule has 0 bridgehead atoms. The molecule has 0 saturated carbocycles. The monoisotopic (exact) mass is 386 g/mol. The third kappa shape index (κ3) is 4.96. The van der Waals surface area contributed by atoms with E-state index in [4.69, 9.17) is 23.2 Å². The van der Waals surface area contributed by atoms with Crippen molar-refractivity contribution in [2.24, 2.45) is 0 Å². The highest BCUT2D eigenvalue weighted by atomic mass is 79.9. The summed E-state index contributed by atoms with van der Waals surface area (Å²) in [5.74, 6) is 0. The molecule has 0 aliphatic heterocycles. The molecule has 1 heterocycles. The molecule has 1 aromatic carbocycles. The van der Waals surface area contributed by atoms with Gasteiger partial charge in [0.1, 0.15) is 0 Å². The van der Waals surface area contributed by atoms with Gasteiger partial charge in [-0.1, -0.05) is 30.1 Å². The highest BCUT2D eigenvalue weighted by Gasteiger charge is 2.15. The summed E-state index contributed by atoms with van der Waals surface area (Å²) in [6, 6.07) is 7.78. The number of aromatic nitrogens is 1. The molecule has 2 nitrogen and oxygen atoms in total. The number of nitrogens with zero attached hydrogens (tertiary/aromatic N) is 1. The Morgan fingerprint density at radius 1 is 1.24 bits per heavy atom. The molecule has 0 saturated heterocycles. The summed E-state index contributed by atoms with van der Waals surface area (Å²) in [7, 11) is 0. The van der Waals surface area contributed by atoms with Crippen LogP contribution >= 0.6 is 39.1 Å². The molecule has 0 aliphatic carbocycles. The van der Waals surface area contributed by atoms with Crippen LogP contribution in [0.15, 0.2) is 41.1 Å². The Labute approximate surface area is 144 Å². The minimum absolute atomic E-state index is 0.118. The minimum atomic E-state index is 0.118. The lowest BCUT2D eigenvalue weighted by Crippen LogP contribution is -2.24. The summed E-state index contributed by atoms with van der Waals surface area (Å²) in [6.45, 7) is 3.07. The predicted molar refractivity (Wildman–Crippen MR) is 93.1 cm³/mol. The minimum Gasteiger partial charge on any atom is -0.310 e. The van der Waals surface area contributed by atoms with Crippen LogP contribution in [0.5, 0.6) is 0 Å². The van der Waals surface area contributed by atoms with Crippen molar-refractivity contribution >= 4 is 39.1 Å². The second kappa shape index (κ2) is 8.14. The Morgan fingerprint density at radius 3 is 2.76 bits per heavy atom. The number of halogens is 3. The van der Waals surface area contributed by atoms with Crippen LogP contribution in [0.1, 0.15) is 30.5 Å². The molecule has 1 N–H and O–H groups in total. The molecule has 1 aromatic heterocycles. The van der Waals surface area contributed by atoms with Crippen LogP contribution in [0.2, 0.25) is 10.0 Å². The molecule has 0 radical (unpaired) electrons. The molecule has 0 aliphatic rings. The first kappa shape index (κ1) is 16.8. The van der Waals surface area contributed by atoms with E-state index in [2.05, 4.69) is 39.2 Å². The summed E-state index contributed by atoms with van der Waals surface area (Å²) in [6.07, 6.45) is 5.53. The Kier molecular flexibility index (Phi) is 6.49. The fourth-order valence-corrected chi connectivity index (χ4v) is 3.04. The molecule has 0 amide bonds. The number of rotatable bonds is 6. The van der Waals surface area contributed by atoms with Crippen LogP contribution in [0.4, 0.5) is 0 Å². The molecule has 21 heavy (non-hydrogen) atoms. The highest BCUT2D eigenvalue weighted by molar-refractivity contribution is 9.10. The largest absolute Gasteiger partial charge is 0.310 e. The van der Waals surface area contributed by atoms with Gasteiger partial charge in [0.25, 0.3) is 0 Å². The third-order valence-corrected chi connectivity index (χ3v) is 4.19. The number of hydrogen-bond donors (Lipinski definition) is 1. The fourth-order valence-electron chi connectivity index (χ4n) is 2.20. The molecular formula is C16H17BrCl2N2. The molecule has 112 valence electrons. The van der Waals surface area contributed by atoms with E-state index in [-0.39, 0.29) is 6.04 Å². The normalized spacial score (nSPS) is 12.4. The van der Waals surface area contributed by atoms with Gasteiger partial charge >= 0.3 is 0 Å². The van der Waals surface area contributed by atoms with Gasteiger partial charge in [-0.15, -0.1) is 0 Å². The molecule has 0 fully saturated rings. The average Bonchev–Trinajstić information content (AvgIpc) is 2.46. The van der Waals surface area contributed by atoms with Crippen molar-refractivity contribution in [1.82, 2.24) is 10.3 Å². The van der Waals surface area contributed by atoms with Gasteiger partial charge in [-0.2, -0.15) is 0 Å². The van der Waals surface area contributed by atoms with E-state index in [9.17, 15) is 0 Å². The Balaban J connectivity index is 2.27. The number of pyridine rings is 1. The lowest BCUT2D eigenvalue weighted by molar-refractivity contribution is 0.529.